The molecule has 0 aromatic heterocycles. The monoisotopic (exact) mass is 338 g/mol. The maximum atomic E-state index is 11.5. The van der Waals surface area contributed by atoms with Gasteiger partial charge in [0.2, 0.25) is 0 Å². The first-order valence-electron chi connectivity index (χ1n) is 5.56. The molecular weight excluding hydrogens is 324 g/mol. The van der Waals surface area contributed by atoms with Crippen LogP contribution in [0.25, 0.3) is 0 Å². The summed E-state index contributed by atoms with van der Waals surface area (Å²) in [5, 5.41) is 9.23. The molecule has 1 aliphatic rings. The van der Waals surface area contributed by atoms with Crippen molar-refractivity contribution in [3.05, 3.63) is 0 Å². The number of ether oxygens (including phenoxy) is 3. The van der Waals surface area contributed by atoms with E-state index in [0.717, 1.165) is 6.92 Å². The lowest BCUT2D eigenvalue weighted by Crippen LogP contribution is -2.60. The van der Waals surface area contributed by atoms with Gasteiger partial charge in [0.15, 0.2) is 29.1 Å². The molecule has 1 rings (SSSR count). The van der Waals surface area contributed by atoms with E-state index in [4.69, 9.17) is 14.2 Å². The maximum Gasteiger partial charge on any atom is 0.303 e. The van der Waals surface area contributed by atoms with Gasteiger partial charge in [-0.25, -0.2) is 0 Å². The highest BCUT2D eigenvalue weighted by Gasteiger charge is 2.49. The Morgan fingerprint density at radius 1 is 1.05 bits per heavy atom. The molecule has 108 valence electrons. The Balaban J connectivity index is 2.95. The third kappa shape index (κ3) is 3.99. The van der Waals surface area contributed by atoms with E-state index in [0.29, 0.717) is 0 Å². The summed E-state index contributed by atoms with van der Waals surface area (Å²) in [4.78, 5) is 33.4. The van der Waals surface area contributed by atoms with Crippen molar-refractivity contribution in [1.82, 2.24) is 0 Å². The highest BCUT2D eigenvalue weighted by molar-refractivity contribution is 9.09. The zero-order chi connectivity index (χ0) is 14.7. The number of esters is 2. The van der Waals surface area contributed by atoms with Gasteiger partial charge < -0.3 is 19.3 Å². The van der Waals surface area contributed by atoms with Gasteiger partial charge in [-0.15, -0.1) is 0 Å². The maximum absolute atomic E-state index is 11.5. The molecule has 1 fully saturated rings. The van der Waals surface area contributed by atoms with Crippen molar-refractivity contribution < 1.29 is 33.7 Å². The van der Waals surface area contributed by atoms with Crippen LogP contribution < -0.4 is 0 Å². The van der Waals surface area contributed by atoms with Gasteiger partial charge >= 0.3 is 11.9 Å². The van der Waals surface area contributed by atoms with E-state index in [1.807, 2.05) is 0 Å². The average molecular weight is 339 g/mol. The number of carbonyl (C=O) groups is 3. The van der Waals surface area contributed by atoms with Gasteiger partial charge in [-0.05, 0) is 6.92 Å². The van der Waals surface area contributed by atoms with E-state index >= 15 is 0 Å². The van der Waals surface area contributed by atoms with Crippen molar-refractivity contribution in [3.8, 4) is 0 Å². The third-order valence-electron chi connectivity index (χ3n) is 2.51. The summed E-state index contributed by atoms with van der Waals surface area (Å²) < 4.78 is 15.1. The number of hydrogen-bond donors (Lipinski definition) is 1. The summed E-state index contributed by atoms with van der Waals surface area (Å²) in [5.41, 5.74) is 0. The summed E-state index contributed by atoms with van der Waals surface area (Å²) in [6.45, 7) is 3.56. The van der Waals surface area contributed by atoms with Crippen LogP contribution in [-0.4, -0.2) is 52.3 Å². The fourth-order valence-electron chi connectivity index (χ4n) is 1.78. The van der Waals surface area contributed by atoms with Crippen molar-refractivity contribution in [3.63, 3.8) is 0 Å². The average Bonchev–Trinajstić information content (AvgIpc) is 2.26. The van der Waals surface area contributed by atoms with E-state index in [2.05, 4.69) is 15.9 Å². The Bertz CT molecular complexity index is 383. The largest absolute Gasteiger partial charge is 0.456 e. The molecule has 7 nitrogen and oxygen atoms in total. The van der Waals surface area contributed by atoms with Gasteiger partial charge in [0.05, 0.1) is 0 Å². The molecule has 1 heterocycles. The van der Waals surface area contributed by atoms with Crippen molar-refractivity contribution in [2.75, 3.05) is 0 Å². The number of aliphatic hydroxyl groups excluding tert-OH is 1. The second kappa shape index (κ2) is 6.44. The molecule has 8 heteroatoms. The quantitative estimate of drug-likeness (QED) is 0.567. The fraction of sp³-hybridized carbons (Fsp3) is 0.727. The smallest absolute Gasteiger partial charge is 0.303 e. The summed E-state index contributed by atoms with van der Waals surface area (Å²) in [6, 6.07) is 0. The van der Waals surface area contributed by atoms with Gasteiger partial charge in [-0.1, -0.05) is 15.9 Å². The molecule has 0 radical (unpaired) electrons. The number of carbonyl (C=O) groups excluding carboxylic acids is 3. The first-order chi connectivity index (χ1) is 8.73. The SMILES string of the molecule is CC(=O)O[C@@H]1C(Br)OC(C(C)=O)[C@@H](OC(C)=O)[C@H]1O. The minimum absolute atomic E-state index is 0.406. The van der Waals surface area contributed by atoms with Crippen LogP contribution in [0.1, 0.15) is 20.8 Å². The summed E-state index contributed by atoms with van der Waals surface area (Å²) in [5.74, 6) is -1.70. The van der Waals surface area contributed by atoms with E-state index in [1.54, 1.807) is 0 Å². The molecular formula is C11H15BrO7. The first-order valence-corrected chi connectivity index (χ1v) is 6.48. The molecule has 19 heavy (non-hydrogen) atoms. The molecule has 0 saturated carbocycles. The second-order valence-corrected chi connectivity index (χ2v) is 5.06. The van der Waals surface area contributed by atoms with Gasteiger partial charge in [0, 0.05) is 13.8 Å². The third-order valence-corrected chi connectivity index (χ3v) is 3.25. The van der Waals surface area contributed by atoms with Crippen molar-refractivity contribution in [1.29, 1.82) is 0 Å². The van der Waals surface area contributed by atoms with Gasteiger partial charge in [0.1, 0.15) is 6.10 Å². The Hall–Kier alpha value is -0.990. The Labute approximate surface area is 118 Å². The molecule has 1 N–H and O–H groups in total. The minimum atomic E-state index is -1.36. The Kier molecular flexibility index (Phi) is 5.45. The molecule has 0 aromatic carbocycles. The number of halogens is 1. The lowest BCUT2D eigenvalue weighted by molar-refractivity contribution is -0.219. The van der Waals surface area contributed by atoms with Crippen LogP contribution in [0.15, 0.2) is 0 Å². The van der Waals surface area contributed by atoms with E-state index in [1.165, 1.54) is 13.8 Å². The number of Topliss-reactive ketones (excluding diaryl/α,β-unsaturated/α-hetero) is 1. The van der Waals surface area contributed by atoms with Crippen LogP contribution >= 0.6 is 15.9 Å². The van der Waals surface area contributed by atoms with Crippen LogP contribution in [0, 0.1) is 0 Å². The van der Waals surface area contributed by atoms with Crippen molar-refractivity contribution >= 4 is 33.7 Å². The zero-order valence-electron chi connectivity index (χ0n) is 10.7. The number of hydrogen-bond acceptors (Lipinski definition) is 7. The number of ketones is 1. The number of aliphatic hydroxyl groups is 1. The normalized spacial score (nSPS) is 34.5. The van der Waals surface area contributed by atoms with Crippen LogP contribution in [0.5, 0.6) is 0 Å². The molecule has 0 aromatic rings. The van der Waals surface area contributed by atoms with Gasteiger partial charge in [0.25, 0.3) is 0 Å². The Morgan fingerprint density at radius 3 is 1.95 bits per heavy atom. The lowest BCUT2D eigenvalue weighted by atomic mass is 9.97. The van der Waals surface area contributed by atoms with Crippen LogP contribution in [0.3, 0.4) is 0 Å². The summed E-state index contributed by atoms with van der Waals surface area (Å²) in [7, 11) is 0. The van der Waals surface area contributed by atoms with Crippen LogP contribution in [0.4, 0.5) is 0 Å². The van der Waals surface area contributed by atoms with Crippen molar-refractivity contribution in [2.24, 2.45) is 0 Å². The molecule has 5 atom stereocenters. The van der Waals surface area contributed by atoms with Gasteiger partial charge in [-0.3, -0.25) is 14.4 Å². The fourth-order valence-corrected chi connectivity index (χ4v) is 2.43. The molecule has 2 unspecified atom stereocenters. The van der Waals surface area contributed by atoms with Crippen molar-refractivity contribution in [2.45, 2.75) is 50.2 Å². The summed E-state index contributed by atoms with van der Waals surface area (Å²) in [6.07, 6.45) is -4.76. The van der Waals surface area contributed by atoms with Gasteiger partial charge in [-0.2, -0.15) is 0 Å². The minimum Gasteiger partial charge on any atom is -0.456 e. The lowest BCUT2D eigenvalue weighted by Gasteiger charge is -2.40. The highest BCUT2D eigenvalue weighted by atomic mass is 79.9. The summed E-state index contributed by atoms with van der Waals surface area (Å²) >= 11 is 3.07. The molecule has 1 saturated heterocycles. The molecule has 0 spiro atoms. The number of rotatable bonds is 3. The second-order valence-electron chi connectivity index (χ2n) is 4.16. The predicted molar refractivity (Wildman–Crippen MR) is 65.4 cm³/mol. The van der Waals surface area contributed by atoms with E-state index < -0.39 is 47.2 Å². The first kappa shape index (κ1) is 16.1. The molecule has 1 aliphatic heterocycles. The molecule has 0 bridgehead atoms. The van der Waals surface area contributed by atoms with E-state index in [9.17, 15) is 19.5 Å². The van der Waals surface area contributed by atoms with Crippen LogP contribution in [-0.2, 0) is 28.6 Å². The molecule has 0 amide bonds. The predicted octanol–water partition coefficient (Wildman–Crippen LogP) is -0.0805. The molecule has 0 aliphatic carbocycles. The number of alkyl halides is 1. The standard InChI is InChI=1S/C11H15BrO7/c1-4(13)8-9(17-5(2)14)7(16)10(11(12)19-8)18-6(3)15/h7-11,16H,1-3H3/t7-,8?,9+,10+,11?/m1/s1. The highest BCUT2D eigenvalue weighted by Crippen LogP contribution is 2.29. The Morgan fingerprint density at radius 2 is 1.53 bits per heavy atom. The zero-order valence-corrected chi connectivity index (χ0v) is 12.2. The van der Waals surface area contributed by atoms with E-state index in [-0.39, 0.29) is 0 Å². The topological polar surface area (TPSA) is 99.1 Å². The van der Waals surface area contributed by atoms with Crippen LogP contribution in [0.2, 0.25) is 0 Å².